The summed E-state index contributed by atoms with van der Waals surface area (Å²) in [7, 11) is 0. The van der Waals surface area contributed by atoms with Crippen LogP contribution in [0, 0.1) is 12.3 Å². The Morgan fingerprint density at radius 2 is 2.20 bits per heavy atom. The molecule has 2 amide bonds. The van der Waals surface area contributed by atoms with E-state index in [9.17, 15) is 4.79 Å². The van der Waals surface area contributed by atoms with Gasteiger partial charge in [0.1, 0.15) is 0 Å². The lowest BCUT2D eigenvalue weighted by atomic mass is 10.2. The predicted molar refractivity (Wildman–Crippen MR) is 98.4 cm³/mol. The van der Waals surface area contributed by atoms with Gasteiger partial charge in [0.25, 0.3) is 0 Å². The number of nitrogens with one attached hydrogen (secondary N) is 1. The second kappa shape index (κ2) is 11.5. The lowest BCUT2D eigenvalue weighted by Gasteiger charge is -2.23. The van der Waals surface area contributed by atoms with E-state index >= 15 is 0 Å². The molecule has 0 radical (unpaired) electrons. The monoisotopic (exact) mass is 344 g/mol. The number of hydrogen-bond donors (Lipinski definition) is 1. The highest BCUT2D eigenvalue weighted by molar-refractivity contribution is 5.74. The maximum Gasteiger partial charge on any atom is 0.318 e. The average Bonchev–Trinajstić information content (AvgIpc) is 3.14. The summed E-state index contributed by atoms with van der Waals surface area (Å²) < 4.78 is 11.2. The van der Waals surface area contributed by atoms with E-state index in [0.717, 1.165) is 32.3 Å². The quantitative estimate of drug-likeness (QED) is 0.524. The molecule has 0 aliphatic carbocycles. The van der Waals surface area contributed by atoms with Crippen LogP contribution >= 0.6 is 0 Å². The summed E-state index contributed by atoms with van der Waals surface area (Å²) in [5.74, 6) is 2.54. The van der Waals surface area contributed by atoms with Crippen LogP contribution < -0.4 is 5.32 Å². The van der Waals surface area contributed by atoms with Gasteiger partial charge in [0.2, 0.25) is 0 Å². The molecule has 1 aromatic carbocycles. The van der Waals surface area contributed by atoms with E-state index in [1.54, 1.807) is 4.90 Å². The van der Waals surface area contributed by atoms with Gasteiger partial charge in [-0.2, -0.15) is 0 Å². The van der Waals surface area contributed by atoms with Gasteiger partial charge in [-0.05, 0) is 31.2 Å². The van der Waals surface area contributed by atoms with Crippen molar-refractivity contribution in [2.24, 2.45) is 0 Å². The fourth-order valence-corrected chi connectivity index (χ4v) is 2.78. The first-order valence-corrected chi connectivity index (χ1v) is 8.99. The molecule has 136 valence electrons. The van der Waals surface area contributed by atoms with Crippen molar-refractivity contribution in [1.29, 1.82) is 0 Å². The first kappa shape index (κ1) is 19.3. The van der Waals surface area contributed by atoms with E-state index in [1.165, 1.54) is 5.56 Å². The van der Waals surface area contributed by atoms with E-state index in [-0.39, 0.29) is 12.1 Å². The number of terminal acetylenes is 1. The van der Waals surface area contributed by atoms with Gasteiger partial charge in [0.15, 0.2) is 0 Å². The van der Waals surface area contributed by atoms with Crippen molar-refractivity contribution in [2.75, 3.05) is 39.5 Å². The van der Waals surface area contributed by atoms with Crippen molar-refractivity contribution < 1.29 is 14.3 Å². The number of carbonyl (C=O) groups excluding carboxylic acids is 1. The zero-order valence-corrected chi connectivity index (χ0v) is 14.8. The highest BCUT2D eigenvalue weighted by atomic mass is 16.5. The second-order valence-corrected chi connectivity index (χ2v) is 6.15. The minimum Gasteiger partial charge on any atom is -0.381 e. The Balaban J connectivity index is 1.54. The standard InChI is InChI=1S/C20H28N2O3/c1-2-13-22(17-19-10-6-15-25-19)20(23)21-12-7-14-24-16-11-18-8-4-3-5-9-18/h1,3-5,8-9,19H,6-7,10-17H2,(H,21,23)/t19-/m1/s1. The molecule has 5 nitrogen and oxygen atoms in total. The van der Waals surface area contributed by atoms with Crippen LogP contribution in [0.1, 0.15) is 24.8 Å². The molecule has 1 N–H and O–H groups in total. The lowest BCUT2D eigenvalue weighted by Crippen LogP contribution is -2.44. The van der Waals surface area contributed by atoms with Crippen LogP contribution in [-0.2, 0) is 15.9 Å². The van der Waals surface area contributed by atoms with Crippen LogP contribution in [0.2, 0.25) is 0 Å². The van der Waals surface area contributed by atoms with Gasteiger partial charge < -0.3 is 19.7 Å². The Bertz CT molecular complexity index is 536. The molecule has 0 aromatic heterocycles. The second-order valence-electron chi connectivity index (χ2n) is 6.15. The van der Waals surface area contributed by atoms with E-state index in [2.05, 4.69) is 23.4 Å². The largest absolute Gasteiger partial charge is 0.381 e. The minimum atomic E-state index is -0.127. The van der Waals surface area contributed by atoms with Gasteiger partial charge in [-0.1, -0.05) is 36.3 Å². The van der Waals surface area contributed by atoms with Gasteiger partial charge in [-0.15, -0.1) is 6.42 Å². The highest BCUT2D eigenvalue weighted by Crippen LogP contribution is 2.13. The number of carbonyl (C=O) groups is 1. The van der Waals surface area contributed by atoms with Gasteiger partial charge in [0.05, 0.1) is 19.3 Å². The number of amides is 2. The molecule has 0 spiro atoms. The fraction of sp³-hybridized carbons (Fsp3) is 0.550. The summed E-state index contributed by atoms with van der Waals surface area (Å²) in [5.41, 5.74) is 1.27. The van der Waals surface area contributed by atoms with Gasteiger partial charge in [-0.25, -0.2) is 4.79 Å². The SMILES string of the molecule is C#CCN(C[C@H]1CCCO1)C(=O)NCCCOCCc1ccccc1. The van der Waals surface area contributed by atoms with Crippen LogP contribution in [0.15, 0.2) is 30.3 Å². The van der Waals surface area contributed by atoms with Crippen molar-refractivity contribution in [2.45, 2.75) is 31.8 Å². The molecule has 0 saturated carbocycles. The summed E-state index contributed by atoms with van der Waals surface area (Å²) in [6.45, 7) is 3.55. The lowest BCUT2D eigenvalue weighted by molar-refractivity contribution is 0.0843. The van der Waals surface area contributed by atoms with Crippen LogP contribution in [0.5, 0.6) is 0 Å². The Labute approximate surface area is 150 Å². The van der Waals surface area contributed by atoms with Crippen molar-refractivity contribution in [3.05, 3.63) is 35.9 Å². The summed E-state index contributed by atoms with van der Waals surface area (Å²) in [4.78, 5) is 13.9. The van der Waals surface area contributed by atoms with E-state index in [1.807, 2.05) is 18.2 Å². The van der Waals surface area contributed by atoms with Crippen molar-refractivity contribution in [3.8, 4) is 12.3 Å². The summed E-state index contributed by atoms with van der Waals surface area (Å²) in [6, 6.07) is 10.1. The molecule has 1 fully saturated rings. The average molecular weight is 344 g/mol. The van der Waals surface area contributed by atoms with E-state index in [4.69, 9.17) is 15.9 Å². The third-order valence-electron chi connectivity index (χ3n) is 4.14. The molecule has 5 heteroatoms. The zero-order valence-electron chi connectivity index (χ0n) is 14.8. The number of hydrogen-bond acceptors (Lipinski definition) is 3. The first-order valence-electron chi connectivity index (χ1n) is 8.99. The maximum atomic E-state index is 12.2. The minimum absolute atomic E-state index is 0.111. The topological polar surface area (TPSA) is 50.8 Å². The molecule has 1 heterocycles. The Morgan fingerprint density at radius 1 is 1.36 bits per heavy atom. The molecular weight excluding hydrogens is 316 g/mol. The van der Waals surface area contributed by atoms with Crippen LogP contribution in [0.3, 0.4) is 0 Å². The summed E-state index contributed by atoms with van der Waals surface area (Å²) in [6.07, 6.45) is 9.21. The van der Waals surface area contributed by atoms with Crippen molar-refractivity contribution in [3.63, 3.8) is 0 Å². The molecule has 0 bridgehead atoms. The third-order valence-corrected chi connectivity index (χ3v) is 4.14. The number of nitrogens with zero attached hydrogens (tertiary/aromatic N) is 1. The molecule has 1 saturated heterocycles. The van der Waals surface area contributed by atoms with Gasteiger partial charge in [0, 0.05) is 26.3 Å². The maximum absolute atomic E-state index is 12.2. The fourth-order valence-electron chi connectivity index (χ4n) is 2.78. The van der Waals surface area contributed by atoms with Gasteiger partial charge in [-0.3, -0.25) is 0 Å². The summed E-state index contributed by atoms with van der Waals surface area (Å²) >= 11 is 0. The van der Waals surface area contributed by atoms with E-state index in [0.29, 0.717) is 32.8 Å². The molecule has 1 aliphatic heterocycles. The molecule has 1 aromatic rings. The van der Waals surface area contributed by atoms with Crippen molar-refractivity contribution >= 4 is 6.03 Å². The molecule has 1 aliphatic rings. The van der Waals surface area contributed by atoms with Crippen LogP contribution in [-0.4, -0.2) is 56.5 Å². The van der Waals surface area contributed by atoms with Gasteiger partial charge >= 0.3 is 6.03 Å². The summed E-state index contributed by atoms with van der Waals surface area (Å²) in [5, 5.41) is 2.91. The predicted octanol–water partition coefficient (Wildman–Crippen LogP) is 2.46. The smallest absolute Gasteiger partial charge is 0.318 e. The molecule has 0 unspecified atom stereocenters. The van der Waals surface area contributed by atoms with E-state index < -0.39 is 0 Å². The molecule has 25 heavy (non-hydrogen) atoms. The highest BCUT2D eigenvalue weighted by Gasteiger charge is 2.21. The number of ether oxygens (including phenoxy) is 2. The molecule has 2 rings (SSSR count). The number of urea groups is 1. The molecule has 1 atom stereocenters. The Kier molecular flexibility index (Phi) is 8.89. The van der Waals surface area contributed by atoms with Crippen molar-refractivity contribution in [1.82, 2.24) is 10.2 Å². The normalized spacial score (nSPS) is 16.4. The third kappa shape index (κ3) is 7.59. The first-order chi connectivity index (χ1) is 12.3. The van der Waals surface area contributed by atoms with Crippen LogP contribution in [0.25, 0.3) is 0 Å². The Hall–Kier alpha value is -2.03. The Morgan fingerprint density at radius 3 is 2.92 bits per heavy atom. The zero-order chi connectivity index (χ0) is 17.7. The number of benzene rings is 1. The van der Waals surface area contributed by atoms with Crippen LogP contribution in [0.4, 0.5) is 4.79 Å². The molecular formula is C20H28N2O3. The number of rotatable bonds is 10.